The summed E-state index contributed by atoms with van der Waals surface area (Å²) >= 11 is 0. The van der Waals surface area contributed by atoms with Gasteiger partial charge in [-0.15, -0.1) is 0 Å². The number of rotatable bonds is 6. The zero-order chi connectivity index (χ0) is 21.1. The van der Waals surface area contributed by atoms with Gasteiger partial charge in [-0.25, -0.2) is 9.97 Å². The van der Waals surface area contributed by atoms with E-state index >= 15 is 0 Å². The van der Waals surface area contributed by atoms with Crippen LogP contribution in [0.1, 0.15) is 35.6 Å². The van der Waals surface area contributed by atoms with Gasteiger partial charge in [-0.3, -0.25) is 9.36 Å². The fourth-order valence-corrected chi connectivity index (χ4v) is 3.36. The molecule has 6 nitrogen and oxygen atoms in total. The molecule has 152 valence electrons. The monoisotopic (exact) mass is 400 g/mol. The first kappa shape index (κ1) is 19.6. The van der Waals surface area contributed by atoms with Gasteiger partial charge in [0.15, 0.2) is 5.65 Å². The van der Waals surface area contributed by atoms with E-state index in [9.17, 15) is 4.79 Å². The molecule has 0 fully saturated rings. The van der Waals surface area contributed by atoms with Crippen molar-refractivity contribution >= 4 is 17.1 Å². The molecule has 2 heterocycles. The summed E-state index contributed by atoms with van der Waals surface area (Å²) in [6, 6.07) is 19.0. The molecule has 0 spiro atoms. The highest BCUT2D eigenvalue weighted by Gasteiger charge is 2.12. The Morgan fingerprint density at radius 3 is 2.67 bits per heavy atom. The summed E-state index contributed by atoms with van der Waals surface area (Å²) in [5.74, 6) is 1.52. The molecule has 0 saturated heterocycles. The Balaban J connectivity index is 1.50. The van der Waals surface area contributed by atoms with Gasteiger partial charge in [0.1, 0.15) is 17.1 Å². The number of aromatic nitrogens is 3. The quantitative estimate of drug-likeness (QED) is 0.519. The Labute approximate surface area is 175 Å². The Morgan fingerprint density at radius 2 is 1.90 bits per heavy atom. The highest BCUT2D eigenvalue weighted by atomic mass is 16.5. The van der Waals surface area contributed by atoms with Crippen molar-refractivity contribution in [1.82, 2.24) is 19.9 Å². The van der Waals surface area contributed by atoms with Crippen molar-refractivity contribution in [3.05, 3.63) is 83.8 Å². The van der Waals surface area contributed by atoms with E-state index < -0.39 is 0 Å². The summed E-state index contributed by atoms with van der Waals surface area (Å²) in [5, 5.41) is 2.98. The molecule has 0 aliphatic rings. The van der Waals surface area contributed by atoms with Crippen LogP contribution in [-0.4, -0.2) is 26.5 Å². The number of amides is 1. The van der Waals surface area contributed by atoms with Crippen LogP contribution in [0.2, 0.25) is 0 Å². The number of hydrogen-bond acceptors (Lipinski definition) is 4. The highest BCUT2D eigenvalue weighted by molar-refractivity contribution is 5.94. The first-order valence-corrected chi connectivity index (χ1v) is 9.95. The average Bonchev–Trinajstić information content (AvgIpc) is 3.08. The first-order chi connectivity index (χ1) is 14.5. The normalized spacial score (nSPS) is 11.1. The standard InChI is InChI=1S/C24H24N4O2/c1-16(2)30-21-11-9-18(10-12-21)15-26-24(29)19-6-4-7-20(14-19)28-17(3)27-22-8-5-13-25-23(22)28/h4-14,16H,15H2,1-3H3,(H,26,29). The van der Waals surface area contributed by atoms with Crippen LogP contribution >= 0.6 is 0 Å². The van der Waals surface area contributed by atoms with Crippen molar-refractivity contribution in [2.75, 3.05) is 0 Å². The van der Waals surface area contributed by atoms with E-state index in [-0.39, 0.29) is 12.0 Å². The van der Waals surface area contributed by atoms with Gasteiger partial charge < -0.3 is 10.1 Å². The molecule has 0 unspecified atom stereocenters. The van der Waals surface area contributed by atoms with Crippen molar-refractivity contribution in [3.63, 3.8) is 0 Å². The topological polar surface area (TPSA) is 69.0 Å². The molecule has 1 N–H and O–H groups in total. The van der Waals surface area contributed by atoms with Gasteiger partial charge in [0, 0.05) is 24.0 Å². The summed E-state index contributed by atoms with van der Waals surface area (Å²) in [6.07, 6.45) is 1.88. The molecule has 0 aliphatic heterocycles. The minimum Gasteiger partial charge on any atom is -0.491 e. The minimum absolute atomic E-state index is 0.130. The molecule has 0 bridgehead atoms. The molecule has 1 amide bonds. The smallest absolute Gasteiger partial charge is 0.251 e. The molecule has 4 rings (SSSR count). The number of pyridine rings is 1. The number of nitrogens with one attached hydrogen (secondary N) is 1. The van der Waals surface area contributed by atoms with Crippen molar-refractivity contribution < 1.29 is 9.53 Å². The zero-order valence-corrected chi connectivity index (χ0v) is 17.3. The van der Waals surface area contributed by atoms with Crippen molar-refractivity contribution in [2.24, 2.45) is 0 Å². The van der Waals surface area contributed by atoms with Crippen molar-refractivity contribution in [2.45, 2.75) is 33.4 Å². The van der Waals surface area contributed by atoms with E-state index in [4.69, 9.17) is 4.74 Å². The van der Waals surface area contributed by atoms with Crippen LogP contribution in [0.3, 0.4) is 0 Å². The Bertz CT molecular complexity index is 1180. The molecule has 4 aromatic rings. The second-order valence-electron chi connectivity index (χ2n) is 7.38. The molecule has 2 aromatic carbocycles. The van der Waals surface area contributed by atoms with E-state index in [1.807, 2.05) is 79.9 Å². The third kappa shape index (κ3) is 4.17. The summed E-state index contributed by atoms with van der Waals surface area (Å²) in [6.45, 7) is 6.36. The number of carbonyl (C=O) groups excluding carboxylic acids is 1. The fraction of sp³-hybridized carbons (Fsp3) is 0.208. The van der Waals surface area contributed by atoms with Crippen LogP contribution in [0.25, 0.3) is 16.9 Å². The zero-order valence-electron chi connectivity index (χ0n) is 17.3. The number of fused-ring (bicyclic) bond motifs is 1. The lowest BCUT2D eigenvalue weighted by Crippen LogP contribution is -2.23. The predicted octanol–water partition coefficient (Wildman–Crippen LogP) is 4.45. The SMILES string of the molecule is Cc1nc2cccnc2n1-c1cccc(C(=O)NCc2ccc(OC(C)C)cc2)c1. The van der Waals surface area contributed by atoms with Crippen LogP contribution in [0.5, 0.6) is 5.75 Å². The van der Waals surface area contributed by atoms with Gasteiger partial charge in [-0.2, -0.15) is 0 Å². The van der Waals surface area contributed by atoms with E-state index in [1.54, 1.807) is 12.3 Å². The van der Waals surface area contributed by atoms with E-state index in [2.05, 4.69) is 15.3 Å². The molecular formula is C24H24N4O2. The van der Waals surface area contributed by atoms with E-state index in [1.165, 1.54) is 0 Å². The fourth-order valence-electron chi connectivity index (χ4n) is 3.36. The van der Waals surface area contributed by atoms with Gasteiger partial charge in [0.25, 0.3) is 5.91 Å². The Hall–Kier alpha value is -3.67. The first-order valence-electron chi connectivity index (χ1n) is 9.95. The number of carbonyl (C=O) groups is 1. The van der Waals surface area contributed by atoms with Gasteiger partial charge in [-0.1, -0.05) is 18.2 Å². The van der Waals surface area contributed by atoms with Crippen LogP contribution in [0.15, 0.2) is 66.9 Å². The number of hydrogen-bond donors (Lipinski definition) is 1. The van der Waals surface area contributed by atoms with Crippen LogP contribution < -0.4 is 10.1 Å². The minimum atomic E-state index is -0.130. The molecular weight excluding hydrogens is 376 g/mol. The predicted molar refractivity (Wildman–Crippen MR) is 117 cm³/mol. The second kappa shape index (κ2) is 8.37. The summed E-state index contributed by atoms with van der Waals surface area (Å²) in [4.78, 5) is 21.7. The van der Waals surface area contributed by atoms with Gasteiger partial charge in [0.05, 0.1) is 6.10 Å². The number of ether oxygens (including phenoxy) is 1. The number of imidazole rings is 1. The van der Waals surface area contributed by atoms with E-state index in [0.717, 1.165) is 34.0 Å². The molecule has 2 aromatic heterocycles. The second-order valence-corrected chi connectivity index (χ2v) is 7.38. The Morgan fingerprint density at radius 1 is 1.10 bits per heavy atom. The van der Waals surface area contributed by atoms with Crippen LogP contribution in [0, 0.1) is 6.92 Å². The average molecular weight is 400 g/mol. The third-order valence-electron chi connectivity index (χ3n) is 4.70. The number of aryl methyl sites for hydroxylation is 1. The Kier molecular flexibility index (Phi) is 5.48. The van der Waals surface area contributed by atoms with Crippen LogP contribution in [0.4, 0.5) is 0 Å². The third-order valence-corrected chi connectivity index (χ3v) is 4.70. The lowest BCUT2D eigenvalue weighted by atomic mass is 10.1. The van der Waals surface area contributed by atoms with Gasteiger partial charge >= 0.3 is 0 Å². The molecule has 0 radical (unpaired) electrons. The molecule has 0 saturated carbocycles. The number of benzene rings is 2. The maximum Gasteiger partial charge on any atom is 0.251 e. The van der Waals surface area contributed by atoms with Crippen molar-refractivity contribution in [3.8, 4) is 11.4 Å². The summed E-state index contributed by atoms with van der Waals surface area (Å²) in [5.41, 5.74) is 4.06. The van der Waals surface area contributed by atoms with Gasteiger partial charge in [-0.05, 0) is 68.8 Å². The lowest BCUT2D eigenvalue weighted by molar-refractivity contribution is 0.0951. The molecule has 6 heteroatoms. The number of nitrogens with zero attached hydrogens (tertiary/aromatic N) is 3. The largest absolute Gasteiger partial charge is 0.491 e. The van der Waals surface area contributed by atoms with Crippen molar-refractivity contribution in [1.29, 1.82) is 0 Å². The van der Waals surface area contributed by atoms with E-state index in [0.29, 0.717) is 12.1 Å². The lowest BCUT2D eigenvalue weighted by Gasteiger charge is -2.11. The summed E-state index contributed by atoms with van der Waals surface area (Å²) < 4.78 is 7.61. The molecule has 0 atom stereocenters. The van der Waals surface area contributed by atoms with Crippen LogP contribution in [-0.2, 0) is 6.54 Å². The molecule has 30 heavy (non-hydrogen) atoms. The summed E-state index contributed by atoms with van der Waals surface area (Å²) in [7, 11) is 0. The maximum absolute atomic E-state index is 12.7. The molecule has 0 aliphatic carbocycles. The highest BCUT2D eigenvalue weighted by Crippen LogP contribution is 2.20. The van der Waals surface area contributed by atoms with Gasteiger partial charge in [0.2, 0.25) is 0 Å². The maximum atomic E-state index is 12.7.